The summed E-state index contributed by atoms with van der Waals surface area (Å²) in [5.41, 5.74) is 8.23. The number of carbonyl (C=O) groups excluding carboxylic acids is 2. The van der Waals surface area contributed by atoms with E-state index in [1.54, 1.807) is 11.8 Å². The molecule has 62 heavy (non-hydrogen) atoms. The van der Waals surface area contributed by atoms with Crippen molar-refractivity contribution < 1.29 is 14.3 Å². The number of aliphatic imine (C=N–C) groups is 1. The summed E-state index contributed by atoms with van der Waals surface area (Å²) in [5.74, 6) is 4.36. The summed E-state index contributed by atoms with van der Waals surface area (Å²) in [4.78, 5) is 44.0. The number of aryl methyl sites for hydroxylation is 6. The SMILES string of the molecule is C.CC(=O)N(C(C)C)C(C)C.CC1=NC(C)(C)C(=O)N1C(C)C.Cc1cc(OC(C)C)c(C)c(C)n1.Cc1nc(C)n(C(C)C)c1C.Cc1nc2c(n1C(C)C)C(C)(C)CCC2. The molecule has 0 aromatic carbocycles. The molecule has 0 spiro atoms. The lowest BCUT2D eigenvalue weighted by molar-refractivity contribution is -0.132. The van der Waals surface area contributed by atoms with Crippen LogP contribution in [0, 0.1) is 48.5 Å². The van der Waals surface area contributed by atoms with Crippen LogP contribution in [0.15, 0.2) is 11.1 Å². The first-order chi connectivity index (χ1) is 27.8. The summed E-state index contributed by atoms with van der Waals surface area (Å²) in [7, 11) is 0. The van der Waals surface area contributed by atoms with Gasteiger partial charge in [0.05, 0.1) is 17.5 Å². The van der Waals surface area contributed by atoms with E-state index in [0.717, 1.165) is 40.1 Å². The molecular weight excluding hydrogens is 773 g/mol. The molecule has 4 heterocycles. The summed E-state index contributed by atoms with van der Waals surface area (Å²) in [6.45, 7) is 51.3. The molecule has 0 saturated carbocycles. The van der Waals surface area contributed by atoms with Gasteiger partial charge in [-0.2, -0.15) is 0 Å². The number of carbonyl (C=O) groups is 2. The molecular formula is C51H92N8O3. The second-order valence-corrected chi connectivity index (χ2v) is 19.7. The van der Waals surface area contributed by atoms with Crippen molar-refractivity contribution in [2.75, 3.05) is 0 Å². The smallest absolute Gasteiger partial charge is 0.255 e. The zero-order valence-electron chi connectivity index (χ0n) is 43.5. The Morgan fingerprint density at radius 2 is 1.23 bits per heavy atom. The first-order valence-corrected chi connectivity index (χ1v) is 22.7. The molecule has 0 saturated heterocycles. The van der Waals surface area contributed by atoms with Crippen LogP contribution in [-0.2, 0) is 21.4 Å². The maximum absolute atomic E-state index is 11.7. The van der Waals surface area contributed by atoms with Crippen LogP contribution in [0.5, 0.6) is 5.75 Å². The fourth-order valence-corrected chi connectivity index (χ4v) is 8.61. The predicted molar refractivity (Wildman–Crippen MR) is 263 cm³/mol. The number of ether oxygens (including phenoxy) is 1. The number of amidine groups is 1. The standard InChI is InChI=1S/C13H22N2.C11H17NO.C9H16N2O.C9H16N2.C8H17NO.CH4/c1-9(2)15-10(3)14-11-7-6-8-13(4,5)12(11)15;1-7(2)13-11-6-8(3)12-10(5)9(11)4;1-6(2)11-7(3)10-9(4,5)8(11)12;1-6(2)11-8(4)7(3)10-9(11)5;1-6(2)9(7(3)4)8(5)10;/h9H,6-8H2,1-5H3;6-7H,1-5H3;6H,1-5H3;6H,1-5H3;6-7H,1-5H3;1H4. The van der Waals surface area contributed by atoms with Crippen molar-refractivity contribution in [2.24, 2.45) is 4.99 Å². The van der Waals surface area contributed by atoms with Crippen LogP contribution in [-0.4, -0.2) is 81.3 Å². The second kappa shape index (κ2) is 24.2. The Morgan fingerprint density at radius 3 is 1.55 bits per heavy atom. The number of aromatic nitrogens is 5. The summed E-state index contributed by atoms with van der Waals surface area (Å²) in [5, 5.41) is 0. The van der Waals surface area contributed by atoms with Gasteiger partial charge in [0.2, 0.25) is 5.91 Å². The molecule has 354 valence electrons. The van der Waals surface area contributed by atoms with E-state index in [2.05, 4.69) is 93.3 Å². The average molecular weight is 865 g/mol. The zero-order valence-corrected chi connectivity index (χ0v) is 43.5. The van der Waals surface area contributed by atoms with Gasteiger partial charge in [-0.1, -0.05) is 21.3 Å². The number of rotatable bonds is 7. The van der Waals surface area contributed by atoms with Crippen LogP contribution in [0.1, 0.15) is 208 Å². The molecule has 0 bridgehead atoms. The molecule has 11 nitrogen and oxygen atoms in total. The molecule has 0 atom stereocenters. The highest BCUT2D eigenvalue weighted by Gasteiger charge is 2.40. The number of imidazole rings is 2. The summed E-state index contributed by atoms with van der Waals surface area (Å²) in [6, 6.07) is 3.88. The topological polar surface area (TPSA) is 111 Å². The molecule has 3 aromatic heterocycles. The molecule has 1 aliphatic heterocycles. The van der Waals surface area contributed by atoms with Crippen LogP contribution >= 0.6 is 0 Å². The monoisotopic (exact) mass is 865 g/mol. The Balaban J connectivity index is 0.000000753. The zero-order chi connectivity index (χ0) is 47.6. The van der Waals surface area contributed by atoms with Crippen LogP contribution < -0.4 is 4.74 Å². The van der Waals surface area contributed by atoms with Crippen LogP contribution in [0.25, 0.3) is 0 Å². The van der Waals surface area contributed by atoms with Gasteiger partial charge in [0.25, 0.3) is 5.91 Å². The molecule has 0 radical (unpaired) electrons. The highest BCUT2D eigenvalue weighted by atomic mass is 16.5. The first kappa shape index (κ1) is 58.0. The van der Waals surface area contributed by atoms with Gasteiger partial charge in [-0.3, -0.25) is 24.5 Å². The molecule has 2 aliphatic rings. The van der Waals surface area contributed by atoms with E-state index in [4.69, 9.17) is 9.72 Å². The molecule has 0 unspecified atom stereocenters. The lowest BCUT2D eigenvalue weighted by Gasteiger charge is -2.32. The summed E-state index contributed by atoms with van der Waals surface area (Å²) in [6.07, 6.45) is 3.96. The van der Waals surface area contributed by atoms with E-state index in [1.165, 1.54) is 42.2 Å². The number of hydrogen-bond donors (Lipinski definition) is 0. The predicted octanol–water partition coefficient (Wildman–Crippen LogP) is 12.3. The van der Waals surface area contributed by atoms with Crippen molar-refractivity contribution in [3.63, 3.8) is 0 Å². The fraction of sp³-hybridized carbons (Fsp3) is 0.725. The molecule has 0 fully saturated rings. The Bertz CT molecular complexity index is 1920. The normalized spacial score (nSPS) is 14.9. The molecule has 5 rings (SSSR count). The third kappa shape index (κ3) is 15.7. The van der Waals surface area contributed by atoms with Crippen molar-refractivity contribution in [1.82, 2.24) is 33.9 Å². The van der Waals surface area contributed by atoms with Crippen LogP contribution in [0.3, 0.4) is 0 Å². The lowest BCUT2D eigenvalue weighted by Crippen LogP contribution is -2.42. The molecule has 3 aromatic rings. The van der Waals surface area contributed by atoms with Crippen molar-refractivity contribution in [2.45, 2.75) is 247 Å². The van der Waals surface area contributed by atoms with Gasteiger partial charge in [0.15, 0.2) is 0 Å². The van der Waals surface area contributed by atoms with Gasteiger partial charge < -0.3 is 18.8 Å². The minimum atomic E-state index is -0.547. The summed E-state index contributed by atoms with van der Waals surface area (Å²) < 4.78 is 10.4. The van der Waals surface area contributed by atoms with Gasteiger partial charge in [-0.15, -0.1) is 0 Å². The quantitative estimate of drug-likeness (QED) is 0.234. The van der Waals surface area contributed by atoms with E-state index in [9.17, 15) is 9.59 Å². The third-order valence-electron chi connectivity index (χ3n) is 11.1. The Morgan fingerprint density at radius 1 is 0.726 bits per heavy atom. The van der Waals surface area contributed by atoms with Crippen molar-refractivity contribution in [3.05, 3.63) is 57.4 Å². The van der Waals surface area contributed by atoms with Gasteiger partial charge in [-0.25, -0.2) is 9.97 Å². The van der Waals surface area contributed by atoms with E-state index < -0.39 is 5.54 Å². The number of amides is 2. The van der Waals surface area contributed by atoms with E-state index in [0.29, 0.717) is 29.6 Å². The van der Waals surface area contributed by atoms with Gasteiger partial charge in [0.1, 0.15) is 28.8 Å². The molecule has 2 amide bonds. The third-order valence-corrected chi connectivity index (χ3v) is 11.1. The maximum Gasteiger partial charge on any atom is 0.255 e. The highest BCUT2D eigenvalue weighted by Crippen LogP contribution is 2.38. The molecule has 11 heteroatoms. The minimum absolute atomic E-state index is 0. The first-order valence-electron chi connectivity index (χ1n) is 22.7. The Hall–Kier alpha value is -4.02. The fourth-order valence-electron chi connectivity index (χ4n) is 8.61. The summed E-state index contributed by atoms with van der Waals surface area (Å²) >= 11 is 0. The maximum atomic E-state index is 11.7. The number of nitrogens with zero attached hydrogens (tertiary/aromatic N) is 8. The van der Waals surface area contributed by atoms with E-state index in [1.807, 2.05) is 108 Å². The minimum Gasteiger partial charge on any atom is -0.491 e. The molecule has 0 N–H and O–H groups in total. The number of hydrogen-bond acceptors (Lipinski definition) is 7. The number of pyridine rings is 1. The number of fused-ring (bicyclic) bond motifs is 1. The van der Waals surface area contributed by atoms with Crippen LogP contribution in [0.4, 0.5) is 0 Å². The van der Waals surface area contributed by atoms with Gasteiger partial charge in [0, 0.05) is 77.0 Å². The van der Waals surface area contributed by atoms with Gasteiger partial charge >= 0.3 is 0 Å². The van der Waals surface area contributed by atoms with Gasteiger partial charge in [-0.05, 0) is 172 Å². The Kier molecular flexibility index (Phi) is 22.6. The van der Waals surface area contributed by atoms with Crippen molar-refractivity contribution in [3.8, 4) is 5.75 Å². The molecule has 1 aliphatic carbocycles. The van der Waals surface area contributed by atoms with Crippen molar-refractivity contribution >= 4 is 17.6 Å². The second-order valence-electron chi connectivity index (χ2n) is 19.7. The van der Waals surface area contributed by atoms with Crippen LogP contribution in [0.2, 0.25) is 0 Å². The van der Waals surface area contributed by atoms with E-state index in [-0.39, 0.29) is 31.4 Å². The lowest BCUT2D eigenvalue weighted by atomic mass is 9.77. The van der Waals surface area contributed by atoms with E-state index >= 15 is 0 Å². The Labute approximate surface area is 380 Å². The highest BCUT2D eigenvalue weighted by molar-refractivity contribution is 6.07. The average Bonchev–Trinajstić information content (AvgIpc) is 3.64. The largest absolute Gasteiger partial charge is 0.491 e. The van der Waals surface area contributed by atoms with Crippen molar-refractivity contribution in [1.29, 1.82) is 0 Å².